The highest BCUT2D eigenvalue weighted by atomic mass is 32.2. The Labute approximate surface area is 95.2 Å². The number of nitrogens with zero attached hydrogens (tertiary/aromatic N) is 2. The van der Waals surface area contributed by atoms with Gasteiger partial charge >= 0.3 is 0 Å². The van der Waals surface area contributed by atoms with Crippen LogP contribution in [0.2, 0.25) is 0 Å². The molecule has 0 aliphatic heterocycles. The Bertz CT molecular complexity index is 439. The minimum atomic E-state index is -3.44. The summed E-state index contributed by atoms with van der Waals surface area (Å²) in [6.45, 7) is 2.44. The van der Waals surface area contributed by atoms with Crippen molar-refractivity contribution >= 4 is 16.0 Å². The van der Waals surface area contributed by atoms with Crippen LogP contribution in [0.1, 0.15) is 18.9 Å². The second-order valence-electron chi connectivity index (χ2n) is 3.40. The molecule has 8 heteroatoms. The van der Waals surface area contributed by atoms with Gasteiger partial charge in [0.25, 0.3) is 10.2 Å². The summed E-state index contributed by atoms with van der Waals surface area (Å²) in [5, 5.41) is 3.92. The van der Waals surface area contributed by atoms with E-state index in [1.54, 1.807) is 7.05 Å². The highest BCUT2D eigenvalue weighted by molar-refractivity contribution is 7.87. The van der Waals surface area contributed by atoms with Gasteiger partial charge in [-0.2, -0.15) is 18.2 Å². The van der Waals surface area contributed by atoms with E-state index in [0.29, 0.717) is 17.9 Å². The van der Waals surface area contributed by atoms with Crippen molar-refractivity contribution in [3.63, 3.8) is 0 Å². The zero-order valence-corrected chi connectivity index (χ0v) is 10.2. The molecule has 0 atom stereocenters. The largest absolute Gasteiger partial charge is 0.384 e. The molecule has 92 valence electrons. The minimum Gasteiger partial charge on any atom is -0.384 e. The minimum absolute atomic E-state index is 0.138. The van der Waals surface area contributed by atoms with Crippen molar-refractivity contribution in [3.05, 3.63) is 11.8 Å². The summed E-state index contributed by atoms with van der Waals surface area (Å²) in [4.78, 5) is 0. The Kier molecular flexibility index (Phi) is 4.27. The number of aryl methyl sites for hydroxylation is 1. The maximum absolute atomic E-state index is 11.4. The number of hydrogen-bond donors (Lipinski definition) is 3. The lowest BCUT2D eigenvalue weighted by Crippen LogP contribution is -2.36. The smallest absolute Gasteiger partial charge is 0.277 e. The van der Waals surface area contributed by atoms with Crippen LogP contribution in [0.25, 0.3) is 0 Å². The average molecular weight is 247 g/mol. The van der Waals surface area contributed by atoms with Crippen molar-refractivity contribution in [1.82, 2.24) is 19.2 Å². The topological polar surface area (TPSA) is 102 Å². The Morgan fingerprint density at radius 3 is 2.69 bits per heavy atom. The molecule has 7 nitrogen and oxygen atoms in total. The molecule has 1 aromatic rings. The van der Waals surface area contributed by atoms with Crippen LogP contribution in [-0.4, -0.2) is 24.7 Å². The summed E-state index contributed by atoms with van der Waals surface area (Å²) < 4.78 is 29.1. The fraction of sp³-hybridized carbons (Fsp3) is 0.625. The first-order valence-corrected chi connectivity index (χ1v) is 6.45. The Morgan fingerprint density at radius 2 is 2.19 bits per heavy atom. The van der Waals surface area contributed by atoms with Crippen LogP contribution in [0.15, 0.2) is 6.20 Å². The Hall–Kier alpha value is -1.12. The van der Waals surface area contributed by atoms with Crippen LogP contribution in [0.5, 0.6) is 0 Å². The third kappa shape index (κ3) is 3.47. The van der Waals surface area contributed by atoms with Crippen molar-refractivity contribution < 1.29 is 8.42 Å². The molecule has 0 bridgehead atoms. The first-order chi connectivity index (χ1) is 7.46. The van der Waals surface area contributed by atoms with E-state index < -0.39 is 10.2 Å². The summed E-state index contributed by atoms with van der Waals surface area (Å²) in [5.41, 5.74) is 6.33. The van der Waals surface area contributed by atoms with Crippen molar-refractivity contribution in [2.45, 2.75) is 19.9 Å². The molecule has 0 saturated heterocycles. The van der Waals surface area contributed by atoms with E-state index in [4.69, 9.17) is 5.73 Å². The van der Waals surface area contributed by atoms with Gasteiger partial charge in [-0.25, -0.2) is 4.72 Å². The predicted octanol–water partition coefficient (Wildman–Crippen LogP) is -0.664. The highest BCUT2D eigenvalue weighted by Crippen LogP contribution is 2.08. The molecule has 0 unspecified atom stereocenters. The molecule has 0 saturated carbocycles. The monoisotopic (exact) mass is 247 g/mol. The number of nitrogens with two attached hydrogens (primary N) is 1. The van der Waals surface area contributed by atoms with E-state index in [2.05, 4.69) is 14.5 Å². The van der Waals surface area contributed by atoms with Crippen molar-refractivity contribution in [2.75, 3.05) is 12.3 Å². The molecule has 0 aliphatic rings. The molecule has 0 radical (unpaired) electrons. The summed E-state index contributed by atoms with van der Waals surface area (Å²) in [5.74, 6) is 0.457. The maximum Gasteiger partial charge on any atom is 0.277 e. The summed E-state index contributed by atoms with van der Waals surface area (Å²) in [7, 11) is -1.74. The molecule has 0 spiro atoms. The second-order valence-corrected chi connectivity index (χ2v) is 4.98. The first-order valence-electron chi connectivity index (χ1n) is 4.97. The fourth-order valence-corrected chi connectivity index (χ4v) is 2.01. The van der Waals surface area contributed by atoms with E-state index >= 15 is 0 Å². The van der Waals surface area contributed by atoms with Crippen LogP contribution in [0, 0.1) is 0 Å². The van der Waals surface area contributed by atoms with Gasteiger partial charge in [-0.05, 0) is 6.42 Å². The number of hydrogen-bond acceptors (Lipinski definition) is 4. The quantitative estimate of drug-likeness (QED) is 0.620. The van der Waals surface area contributed by atoms with Gasteiger partial charge in [-0.3, -0.25) is 4.68 Å². The van der Waals surface area contributed by atoms with Crippen molar-refractivity contribution in [3.8, 4) is 0 Å². The van der Waals surface area contributed by atoms with E-state index in [1.807, 2.05) is 6.92 Å². The summed E-state index contributed by atoms with van der Waals surface area (Å²) in [6, 6.07) is 0. The maximum atomic E-state index is 11.4. The van der Waals surface area contributed by atoms with Crippen LogP contribution in [0.3, 0.4) is 0 Å². The molecule has 0 amide bonds. The summed E-state index contributed by atoms with van der Waals surface area (Å²) >= 11 is 0. The Balaban J connectivity index is 2.54. The van der Waals surface area contributed by atoms with Crippen LogP contribution < -0.4 is 15.2 Å². The van der Waals surface area contributed by atoms with Gasteiger partial charge in [-0.15, -0.1) is 0 Å². The molecule has 1 rings (SSSR count). The standard InChI is InChI=1S/C8H17N5O2S/c1-3-4-11-16(14,15)12-6-7-5-10-13(2)8(7)9/h5,11-12H,3-4,6,9H2,1-2H3. The molecular formula is C8H17N5O2S. The summed E-state index contributed by atoms with van der Waals surface area (Å²) in [6.07, 6.45) is 2.29. The number of nitrogens with one attached hydrogen (secondary N) is 2. The first kappa shape index (κ1) is 12.9. The van der Waals surface area contributed by atoms with Gasteiger partial charge in [-0.1, -0.05) is 6.92 Å². The lowest BCUT2D eigenvalue weighted by molar-refractivity contribution is 0.565. The molecule has 0 aromatic carbocycles. The zero-order chi connectivity index (χ0) is 12.2. The van der Waals surface area contributed by atoms with Gasteiger partial charge in [0, 0.05) is 25.7 Å². The molecular weight excluding hydrogens is 230 g/mol. The van der Waals surface area contributed by atoms with Crippen molar-refractivity contribution in [1.29, 1.82) is 0 Å². The number of nitrogen functional groups attached to an aromatic ring is 1. The predicted molar refractivity (Wildman–Crippen MR) is 61.7 cm³/mol. The number of aromatic nitrogens is 2. The van der Waals surface area contributed by atoms with Crippen LogP contribution in [0.4, 0.5) is 5.82 Å². The van der Waals surface area contributed by atoms with Gasteiger partial charge in [0.2, 0.25) is 0 Å². The lowest BCUT2D eigenvalue weighted by atomic mass is 10.3. The number of rotatable bonds is 6. The number of anilines is 1. The van der Waals surface area contributed by atoms with E-state index in [-0.39, 0.29) is 6.54 Å². The molecule has 0 aliphatic carbocycles. The molecule has 1 heterocycles. The van der Waals surface area contributed by atoms with E-state index in [1.165, 1.54) is 10.9 Å². The third-order valence-electron chi connectivity index (χ3n) is 2.06. The molecule has 0 fully saturated rings. The van der Waals surface area contributed by atoms with Crippen molar-refractivity contribution in [2.24, 2.45) is 7.05 Å². The van der Waals surface area contributed by atoms with Gasteiger partial charge < -0.3 is 5.73 Å². The van der Waals surface area contributed by atoms with Gasteiger partial charge in [0.05, 0.1) is 6.20 Å². The normalized spacial score (nSPS) is 11.9. The SMILES string of the molecule is CCCNS(=O)(=O)NCc1cnn(C)c1N. The highest BCUT2D eigenvalue weighted by Gasteiger charge is 2.10. The van der Waals surface area contributed by atoms with E-state index in [9.17, 15) is 8.42 Å². The van der Waals surface area contributed by atoms with Crippen LogP contribution >= 0.6 is 0 Å². The molecule has 4 N–H and O–H groups in total. The van der Waals surface area contributed by atoms with Crippen LogP contribution in [-0.2, 0) is 23.8 Å². The van der Waals surface area contributed by atoms with E-state index in [0.717, 1.165) is 6.42 Å². The Morgan fingerprint density at radius 1 is 1.50 bits per heavy atom. The zero-order valence-electron chi connectivity index (χ0n) is 9.40. The van der Waals surface area contributed by atoms with Gasteiger partial charge in [0.15, 0.2) is 0 Å². The fourth-order valence-electron chi connectivity index (χ4n) is 1.09. The molecule has 1 aromatic heterocycles. The third-order valence-corrected chi connectivity index (χ3v) is 3.17. The second kappa shape index (κ2) is 5.28. The van der Waals surface area contributed by atoms with Gasteiger partial charge in [0.1, 0.15) is 5.82 Å². The lowest BCUT2D eigenvalue weighted by Gasteiger charge is -2.06. The molecule has 16 heavy (non-hydrogen) atoms. The average Bonchev–Trinajstić information content (AvgIpc) is 2.55.